The van der Waals surface area contributed by atoms with Crippen LogP contribution in [0, 0.1) is 0 Å². The lowest BCUT2D eigenvalue weighted by Gasteiger charge is -2.42. The Hall–Kier alpha value is -2.73. The third-order valence-corrected chi connectivity index (χ3v) is 5.01. The van der Waals surface area contributed by atoms with Crippen molar-refractivity contribution >= 4 is 11.8 Å². The van der Waals surface area contributed by atoms with Crippen LogP contribution in [-0.2, 0) is 21.7 Å². The Balaban J connectivity index is 1.55. The standard InChI is InChI=1S/C21H26N4O2/c1-17(26)24-21(18-7-3-2-4-8-18)10-13-25(14-11-21)16-20(27)23-15-19-9-5-6-12-22-19/h2-9,12H,10-11,13-16H2,1H3,(H,23,27)(H,24,26). The molecule has 0 bridgehead atoms. The van der Waals surface area contributed by atoms with Gasteiger partial charge in [0.15, 0.2) is 0 Å². The predicted octanol–water partition coefficient (Wildman–Crippen LogP) is 1.83. The fourth-order valence-electron chi connectivity index (χ4n) is 3.62. The number of carbonyl (C=O) groups is 2. The van der Waals surface area contributed by atoms with E-state index in [0.29, 0.717) is 13.1 Å². The molecule has 1 aromatic heterocycles. The zero-order valence-corrected chi connectivity index (χ0v) is 15.6. The molecule has 0 spiro atoms. The van der Waals surface area contributed by atoms with E-state index in [4.69, 9.17) is 0 Å². The number of pyridine rings is 1. The van der Waals surface area contributed by atoms with Crippen LogP contribution in [0.5, 0.6) is 0 Å². The van der Waals surface area contributed by atoms with Crippen molar-refractivity contribution in [2.24, 2.45) is 0 Å². The Labute approximate surface area is 160 Å². The summed E-state index contributed by atoms with van der Waals surface area (Å²) in [5, 5.41) is 6.08. The summed E-state index contributed by atoms with van der Waals surface area (Å²) < 4.78 is 0. The number of aromatic nitrogens is 1. The Kier molecular flexibility index (Phi) is 6.19. The van der Waals surface area contributed by atoms with Crippen molar-refractivity contribution in [3.05, 3.63) is 66.0 Å². The van der Waals surface area contributed by atoms with Crippen LogP contribution in [0.4, 0.5) is 0 Å². The number of likely N-dealkylation sites (tertiary alicyclic amines) is 1. The quantitative estimate of drug-likeness (QED) is 0.818. The fraction of sp³-hybridized carbons (Fsp3) is 0.381. The van der Waals surface area contributed by atoms with Gasteiger partial charge >= 0.3 is 0 Å². The lowest BCUT2D eigenvalue weighted by atomic mass is 9.80. The van der Waals surface area contributed by atoms with Gasteiger partial charge < -0.3 is 10.6 Å². The largest absolute Gasteiger partial charge is 0.349 e. The van der Waals surface area contributed by atoms with Crippen LogP contribution in [0.25, 0.3) is 0 Å². The van der Waals surface area contributed by atoms with Crippen LogP contribution in [0.2, 0.25) is 0 Å². The van der Waals surface area contributed by atoms with Crippen molar-refractivity contribution in [3.63, 3.8) is 0 Å². The first-order valence-corrected chi connectivity index (χ1v) is 9.31. The molecule has 1 aliphatic rings. The molecular formula is C21H26N4O2. The molecule has 3 rings (SSSR count). The van der Waals surface area contributed by atoms with Gasteiger partial charge in [-0.25, -0.2) is 0 Å². The van der Waals surface area contributed by atoms with E-state index >= 15 is 0 Å². The number of rotatable bonds is 6. The van der Waals surface area contributed by atoms with Gasteiger partial charge in [-0.15, -0.1) is 0 Å². The lowest BCUT2D eigenvalue weighted by molar-refractivity contribution is -0.124. The molecule has 0 saturated carbocycles. The smallest absolute Gasteiger partial charge is 0.234 e. The number of carbonyl (C=O) groups excluding carboxylic acids is 2. The summed E-state index contributed by atoms with van der Waals surface area (Å²) in [6.45, 7) is 3.87. The van der Waals surface area contributed by atoms with Crippen molar-refractivity contribution in [1.82, 2.24) is 20.5 Å². The van der Waals surface area contributed by atoms with Crippen LogP contribution in [0.3, 0.4) is 0 Å². The summed E-state index contributed by atoms with van der Waals surface area (Å²) in [7, 11) is 0. The van der Waals surface area contributed by atoms with Crippen LogP contribution in [0.15, 0.2) is 54.7 Å². The second kappa shape index (κ2) is 8.77. The molecule has 0 aliphatic carbocycles. The molecule has 0 unspecified atom stereocenters. The molecule has 2 N–H and O–H groups in total. The number of hydrogen-bond donors (Lipinski definition) is 2. The van der Waals surface area contributed by atoms with Gasteiger partial charge in [0.1, 0.15) is 0 Å². The molecular weight excluding hydrogens is 340 g/mol. The molecule has 0 radical (unpaired) electrons. The van der Waals surface area contributed by atoms with Crippen LogP contribution in [0.1, 0.15) is 31.0 Å². The van der Waals surface area contributed by atoms with Gasteiger partial charge in [-0.1, -0.05) is 36.4 Å². The molecule has 1 fully saturated rings. The number of piperidine rings is 1. The first-order valence-electron chi connectivity index (χ1n) is 9.31. The Morgan fingerprint density at radius 1 is 1.07 bits per heavy atom. The molecule has 2 amide bonds. The number of amides is 2. The highest BCUT2D eigenvalue weighted by molar-refractivity contribution is 5.78. The molecule has 1 aromatic carbocycles. The molecule has 2 aromatic rings. The van der Waals surface area contributed by atoms with E-state index < -0.39 is 0 Å². The highest BCUT2D eigenvalue weighted by Gasteiger charge is 2.37. The van der Waals surface area contributed by atoms with Crippen molar-refractivity contribution < 1.29 is 9.59 Å². The lowest BCUT2D eigenvalue weighted by Crippen LogP contribution is -2.53. The summed E-state index contributed by atoms with van der Waals surface area (Å²) in [4.78, 5) is 30.4. The Morgan fingerprint density at radius 2 is 1.78 bits per heavy atom. The minimum atomic E-state index is -0.353. The highest BCUT2D eigenvalue weighted by atomic mass is 16.2. The summed E-state index contributed by atoms with van der Waals surface area (Å²) >= 11 is 0. The zero-order valence-electron chi connectivity index (χ0n) is 15.6. The number of hydrogen-bond acceptors (Lipinski definition) is 4. The minimum absolute atomic E-state index is 0.00705. The van der Waals surface area contributed by atoms with Crippen molar-refractivity contribution in [2.45, 2.75) is 31.8 Å². The molecule has 6 heteroatoms. The molecule has 142 valence electrons. The van der Waals surface area contributed by atoms with E-state index in [1.54, 1.807) is 13.1 Å². The molecule has 2 heterocycles. The SMILES string of the molecule is CC(=O)NC1(c2ccccc2)CCN(CC(=O)NCc2ccccn2)CC1. The van der Waals surface area contributed by atoms with Gasteiger partial charge in [0, 0.05) is 26.2 Å². The van der Waals surface area contributed by atoms with Gasteiger partial charge in [-0.05, 0) is 30.5 Å². The van der Waals surface area contributed by atoms with E-state index in [-0.39, 0.29) is 17.4 Å². The van der Waals surface area contributed by atoms with Crippen LogP contribution in [-0.4, -0.2) is 41.3 Å². The fourth-order valence-corrected chi connectivity index (χ4v) is 3.62. The van der Waals surface area contributed by atoms with Gasteiger partial charge in [-0.3, -0.25) is 19.5 Å². The summed E-state index contributed by atoms with van der Waals surface area (Å²) in [5.74, 6) is -0.0344. The van der Waals surface area contributed by atoms with E-state index in [1.807, 2.05) is 36.4 Å². The maximum Gasteiger partial charge on any atom is 0.234 e. The third-order valence-electron chi connectivity index (χ3n) is 5.01. The molecule has 1 aliphatic heterocycles. The number of nitrogens with zero attached hydrogens (tertiary/aromatic N) is 2. The monoisotopic (exact) mass is 366 g/mol. The van der Waals surface area contributed by atoms with Gasteiger partial charge in [-0.2, -0.15) is 0 Å². The minimum Gasteiger partial charge on any atom is -0.349 e. The molecule has 6 nitrogen and oxygen atoms in total. The average Bonchev–Trinajstić information content (AvgIpc) is 2.69. The van der Waals surface area contributed by atoms with Crippen molar-refractivity contribution in [2.75, 3.05) is 19.6 Å². The molecule has 0 atom stereocenters. The normalized spacial score (nSPS) is 16.5. The van der Waals surface area contributed by atoms with Gasteiger partial charge in [0.05, 0.1) is 24.3 Å². The first kappa shape index (κ1) is 19.0. The maximum absolute atomic E-state index is 12.2. The second-order valence-corrected chi connectivity index (χ2v) is 7.00. The predicted molar refractivity (Wildman–Crippen MR) is 104 cm³/mol. The van der Waals surface area contributed by atoms with Gasteiger partial charge in [0.2, 0.25) is 11.8 Å². The molecule has 1 saturated heterocycles. The zero-order chi connectivity index (χ0) is 19.1. The Morgan fingerprint density at radius 3 is 2.41 bits per heavy atom. The number of benzene rings is 1. The van der Waals surface area contributed by atoms with Crippen LogP contribution >= 0.6 is 0 Å². The van der Waals surface area contributed by atoms with Gasteiger partial charge in [0.25, 0.3) is 0 Å². The van der Waals surface area contributed by atoms with E-state index in [2.05, 4.69) is 32.7 Å². The summed E-state index contributed by atoms with van der Waals surface area (Å²) in [6.07, 6.45) is 3.28. The topological polar surface area (TPSA) is 74.3 Å². The van der Waals surface area contributed by atoms with Crippen molar-refractivity contribution in [3.8, 4) is 0 Å². The number of nitrogens with one attached hydrogen (secondary N) is 2. The second-order valence-electron chi connectivity index (χ2n) is 7.00. The first-order chi connectivity index (χ1) is 13.1. The summed E-state index contributed by atoms with van der Waals surface area (Å²) in [6, 6.07) is 15.7. The van der Waals surface area contributed by atoms with E-state index in [0.717, 1.165) is 37.2 Å². The third kappa shape index (κ3) is 5.14. The maximum atomic E-state index is 12.2. The van der Waals surface area contributed by atoms with Crippen molar-refractivity contribution in [1.29, 1.82) is 0 Å². The Bertz CT molecular complexity index is 756. The summed E-state index contributed by atoms with van der Waals surface area (Å²) in [5.41, 5.74) is 1.62. The highest BCUT2D eigenvalue weighted by Crippen LogP contribution is 2.32. The average molecular weight is 366 g/mol. The van der Waals surface area contributed by atoms with E-state index in [9.17, 15) is 9.59 Å². The van der Waals surface area contributed by atoms with E-state index in [1.165, 1.54) is 0 Å². The molecule has 27 heavy (non-hydrogen) atoms. The van der Waals surface area contributed by atoms with Crippen LogP contribution < -0.4 is 10.6 Å².